The molecule has 2 aromatic rings. The Balaban J connectivity index is 1.76. The van der Waals surface area contributed by atoms with E-state index in [1.807, 2.05) is 24.3 Å². The van der Waals surface area contributed by atoms with Crippen molar-refractivity contribution in [2.45, 2.75) is 6.29 Å². The summed E-state index contributed by atoms with van der Waals surface area (Å²) in [5, 5.41) is 2.81. The van der Waals surface area contributed by atoms with Crippen molar-refractivity contribution in [3.8, 4) is 0 Å². The van der Waals surface area contributed by atoms with Crippen LogP contribution >= 0.6 is 15.9 Å². The molecule has 1 aliphatic rings. The standard InChI is InChI=1S/C14H12BrNO4/c15-12-11(4-5-18-12)13(17)16-10-3-1-2-9(8-10)14-19-6-7-20-14/h1-5,8,14H,6-7H2,(H,16,17). The fourth-order valence-electron chi connectivity index (χ4n) is 1.97. The number of carbonyl (C=O) groups excluding carboxylic acids is 1. The minimum absolute atomic E-state index is 0.240. The van der Waals surface area contributed by atoms with Crippen molar-refractivity contribution in [1.82, 2.24) is 0 Å². The first-order chi connectivity index (χ1) is 9.74. The third-order valence-electron chi connectivity index (χ3n) is 2.90. The van der Waals surface area contributed by atoms with Crippen molar-refractivity contribution in [3.63, 3.8) is 0 Å². The van der Waals surface area contributed by atoms with E-state index >= 15 is 0 Å². The van der Waals surface area contributed by atoms with E-state index in [4.69, 9.17) is 13.9 Å². The molecule has 1 aromatic carbocycles. The largest absolute Gasteiger partial charge is 0.457 e. The number of ether oxygens (including phenoxy) is 2. The van der Waals surface area contributed by atoms with E-state index in [1.165, 1.54) is 6.26 Å². The normalized spacial score (nSPS) is 15.4. The molecule has 1 saturated heterocycles. The third-order valence-corrected chi connectivity index (χ3v) is 3.52. The maximum atomic E-state index is 12.1. The van der Waals surface area contributed by atoms with Crippen LogP contribution in [0.25, 0.3) is 0 Å². The minimum atomic E-state index is -0.354. The highest BCUT2D eigenvalue weighted by Gasteiger charge is 2.19. The molecule has 0 aliphatic carbocycles. The molecule has 2 heterocycles. The van der Waals surface area contributed by atoms with Crippen molar-refractivity contribution in [1.29, 1.82) is 0 Å². The van der Waals surface area contributed by atoms with Crippen LogP contribution in [0.4, 0.5) is 5.69 Å². The predicted molar refractivity (Wildman–Crippen MR) is 75.4 cm³/mol. The number of furan rings is 1. The lowest BCUT2D eigenvalue weighted by molar-refractivity contribution is -0.0440. The summed E-state index contributed by atoms with van der Waals surface area (Å²) in [5.74, 6) is -0.240. The summed E-state index contributed by atoms with van der Waals surface area (Å²) in [6.45, 7) is 1.17. The molecule has 1 aliphatic heterocycles. The van der Waals surface area contributed by atoms with Gasteiger partial charge in [-0.15, -0.1) is 0 Å². The van der Waals surface area contributed by atoms with Crippen molar-refractivity contribution in [3.05, 3.63) is 52.4 Å². The molecule has 0 spiro atoms. The Morgan fingerprint density at radius 3 is 2.75 bits per heavy atom. The zero-order chi connectivity index (χ0) is 13.9. The molecule has 0 saturated carbocycles. The van der Waals surface area contributed by atoms with E-state index in [2.05, 4.69) is 21.2 Å². The van der Waals surface area contributed by atoms with E-state index in [0.717, 1.165) is 5.56 Å². The van der Waals surface area contributed by atoms with E-state index < -0.39 is 0 Å². The molecule has 104 valence electrons. The molecule has 1 fully saturated rings. The van der Waals surface area contributed by atoms with Gasteiger partial charge in [-0.1, -0.05) is 12.1 Å². The number of benzene rings is 1. The zero-order valence-corrected chi connectivity index (χ0v) is 12.1. The smallest absolute Gasteiger partial charge is 0.260 e. The molecular formula is C14H12BrNO4. The maximum Gasteiger partial charge on any atom is 0.260 e. The Morgan fingerprint density at radius 2 is 2.05 bits per heavy atom. The number of hydrogen-bond donors (Lipinski definition) is 1. The van der Waals surface area contributed by atoms with Crippen molar-refractivity contribution in [2.75, 3.05) is 18.5 Å². The molecule has 0 radical (unpaired) electrons. The predicted octanol–water partition coefficient (Wildman–Crippen LogP) is 3.34. The van der Waals surface area contributed by atoms with Gasteiger partial charge in [-0.25, -0.2) is 0 Å². The Labute approximate surface area is 124 Å². The number of hydrogen-bond acceptors (Lipinski definition) is 4. The lowest BCUT2D eigenvalue weighted by Crippen LogP contribution is -2.12. The van der Waals surface area contributed by atoms with Gasteiger partial charge in [-0.2, -0.15) is 0 Å². The molecule has 0 bridgehead atoms. The van der Waals surface area contributed by atoms with Crippen LogP contribution in [0.2, 0.25) is 0 Å². The summed E-state index contributed by atoms with van der Waals surface area (Å²) in [5.41, 5.74) is 2.01. The van der Waals surface area contributed by atoms with Gasteiger partial charge in [0.05, 0.1) is 25.0 Å². The van der Waals surface area contributed by atoms with Crippen LogP contribution in [0.15, 0.2) is 45.7 Å². The van der Waals surface area contributed by atoms with Gasteiger partial charge in [0.25, 0.3) is 5.91 Å². The number of nitrogens with one attached hydrogen (secondary N) is 1. The number of anilines is 1. The van der Waals surface area contributed by atoms with Crippen LogP contribution in [-0.4, -0.2) is 19.1 Å². The van der Waals surface area contributed by atoms with Gasteiger partial charge in [-0.05, 0) is 34.1 Å². The van der Waals surface area contributed by atoms with Crippen LogP contribution in [-0.2, 0) is 9.47 Å². The fourth-order valence-corrected chi connectivity index (χ4v) is 2.39. The molecule has 1 amide bonds. The highest BCUT2D eigenvalue weighted by molar-refractivity contribution is 9.10. The number of rotatable bonds is 3. The van der Waals surface area contributed by atoms with E-state index in [0.29, 0.717) is 29.1 Å². The second kappa shape index (κ2) is 5.78. The van der Waals surface area contributed by atoms with Crippen molar-refractivity contribution < 1.29 is 18.7 Å². The highest BCUT2D eigenvalue weighted by atomic mass is 79.9. The van der Waals surface area contributed by atoms with E-state index in [1.54, 1.807) is 6.07 Å². The Kier molecular flexibility index (Phi) is 3.86. The average Bonchev–Trinajstić information content (AvgIpc) is 3.09. The highest BCUT2D eigenvalue weighted by Crippen LogP contribution is 2.26. The Morgan fingerprint density at radius 1 is 1.25 bits per heavy atom. The average molecular weight is 338 g/mol. The van der Waals surface area contributed by atoms with Crippen molar-refractivity contribution >= 4 is 27.5 Å². The van der Waals surface area contributed by atoms with Crippen LogP contribution in [0, 0.1) is 0 Å². The second-order valence-electron chi connectivity index (χ2n) is 4.26. The third kappa shape index (κ3) is 2.77. The molecule has 0 unspecified atom stereocenters. The molecular weight excluding hydrogens is 326 g/mol. The lowest BCUT2D eigenvalue weighted by Gasteiger charge is -2.11. The zero-order valence-electron chi connectivity index (χ0n) is 10.5. The molecule has 1 N–H and O–H groups in total. The summed E-state index contributed by atoms with van der Waals surface area (Å²) in [6, 6.07) is 9.00. The minimum Gasteiger partial charge on any atom is -0.457 e. The molecule has 20 heavy (non-hydrogen) atoms. The number of amides is 1. The SMILES string of the molecule is O=C(Nc1cccc(C2OCCO2)c1)c1ccoc1Br. The Bertz CT molecular complexity index is 619. The molecule has 0 atom stereocenters. The maximum absolute atomic E-state index is 12.1. The summed E-state index contributed by atoms with van der Waals surface area (Å²) in [4.78, 5) is 12.1. The van der Waals surface area contributed by atoms with E-state index in [-0.39, 0.29) is 12.2 Å². The molecule has 5 nitrogen and oxygen atoms in total. The van der Waals surface area contributed by atoms with Gasteiger partial charge in [-0.3, -0.25) is 4.79 Å². The summed E-state index contributed by atoms with van der Waals surface area (Å²) in [7, 11) is 0. The number of carbonyl (C=O) groups is 1. The molecule has 6 heteroatoms. The summed E-state index contributed by atoms with van der Waals surface area (Å²) < 4.78 is 16.3. The van der Waals surface area contributed by atoms with Crippen LogP contribution in [0.3, 0.4) is 0 Å². The number of halogens is 1. The summed E-state index contributed by atoms with van der Waals surface area (Å²) in [6.07, 6.45) is 1.10. The fraction of sp³-hybridized carbons (Fsp3) is 0.214. The van der Waals surface area contributed by atoms with Gasteiger partial charge < -0.3 is 19.2 Å². The first-order valence-corrected chi connectivity index (χ1v) is 6.91. The van der Waals surface area contributed by atoms with Gasteiger partial charge >= 0.3 is 0 Å². The monoisotopic (exact) mass is 337 g/mol. The molecule has 3 rings (SSSR count). The van der Waals surface area contributed by atoms with E-state index in [9.17, 15) is 4.79 Å². The topological polar surface area (TPSA) is 60.7 Å². The quantitative estimate of drug-likeness (QED) is 0.932. The van der Waals surface area contributed by atoms with Crippen LogP contribution in [0.5, 0.6) is 0 Å². The Hall–Kier alpha value is -1.63. The second-order valence-corrected chi connectivity index (χ2v) is 4.98. The lowest BCUT2D eigenvalue weighted by atomic mass is 10.2. The first-order valence-electron chi connectivity index (χ1n) is 6.11. The molecule has 1 aromatic heterocycles. The summed E-state index contributed by atoms with van der Waals surface area (Å²) >= 11 is 3.18. The first kappa shape index (κ1) is 13.4. The van der Waals surface area contributed by atoms with Crippen LogP contribution in [0.1, 0.15) is 22.2 Å². The van der Waals surface area contributed by atoms with Gasteiger partial charge in [0.1, 0.15) is 0 Å². The van der Waals surface area contributed by atoms with Crippen LogP contribution < -0.4 is 5.32 Å². The van der Waals surface area contributed by atoms with Gasteiger partial charge in [0.2, 0.25) is 0 Å². The van der Waals surface area contributed by atoms with Crippen molar-refractivity contribution in [2.24, 2.45) is 0 Å². The van der Waals surface area contributed by atoms with Gasteiger partial charge in [0, 0.05) is 11.3 Å². The van der Waals surface area contributed by atoms with Gasteiger partial charge in [0.15, 0.2) is 11.0 Å².